The van der Waals surface area contributed by atoms with E-state index in [0.29, 0.717) is 5.02 Å². The number of aryl methyl sites for hydroxylation is 1. The lowest BCUT2D eigenvalue weighted by Gasteiger charge is -2.34. The van der Waals surface area contributed by atoms with E-state index in [0.717, 1.165) is 85.8 Å². The van der Waals surface area contributed by atoms with Crippen molar-refractivity contribution in [1.29, 1.82) is 0 Å². The minimum Gasteiger partial charge on any atom is -0.384 e. The Labute approximate surface area is 202 Å². The van der Waals surface area contributed by atoms with E-state index in [2.05, 4.69) is 46.5 Å². The van der Waals surface area contributed by atoms with Gasteiger partial charge in [-0.05, 0) is 48.8 Å². The second kappa shape index (κ2) is 9.67. The number of nitrogens with zero attached hydrogens (tertiary/aromatic N) is 7. The number of nitrogens with one attached hydrogen (secondary N) is 1. The lowest BCUT2D eigenvalue weighted by molar-refractivity contribution is 0.270. The molecule has 0 spiro atoms. The van der Waals surface area contributed by atoms with Crippen molar-refractivity contribution in [1.82, 2.24) is 29.4 Å². The number of hydrogen-bond donors (Lipinski definition) is 1. The average molecular weight is 485 g/mol. The van der Waals surface area contributed by atoms with Crippen LogP contribution in [0.15, 0.2) is 36.8 Å². The molecule has 3 aromatic heterocycles. The van der Waals surface area contributed by atoms with Crippen LogP contribution in [0.2, 0.25) is 10.3 Å². The zero-order chi connectivity index (χ0) is 22.8. The number of anilines is 2. The number of likely N-dealkylation sites (N-methyl/N-ethyl adjacent to an activating group) is 1. The molecule has 1 aliphatic rings. The maximum absolute atomic E-state index is 6.31. The molecule has 8 nitrogen and oxygen atoms in total. The first-order valence-corrected chi connectivity index (χ1v) is 12.0. The van der Waals surface area contributed by atoms with Gasteiger partial charge in [0.1, 0.15) is 0 Å². The van der Waals surface area contributed by atoms with E-state index in [9.17, 15) is 0 Å². The number of piperazine rings is 1. The van der Waals surface area contributed by atoms with Crippen molar-refractivity contribution in [3.8, 4) is 0 Å². The molecular weight excluding hydrogens is 459 g/mol. The van der Waals surface area contributed by atoms with Gasteiger partial charge in [0.15, 0.2) is 17.0 Å². The largest absolute Gasteiger partial charge is 0.384 e. The molecule has 0 saturated carbocycles. The summed E-state index contributed by atoms with van der Waals surface area (Å²) in [6.07, 6.45) is 4.53. The summed E-state index contributed by atoms with van der Waals surface area (Å²) in [4.78, 5) is 22.7. The van der Waals surface area contributed by atoms with Crippen LogP contribution in [0.5, 0.6) is 0 Å². The standard InChI is InChI=1S/C23H26Cl2N8/c1-2-31-10-12-32(13-11-31)21-20-22(30-23(25)29-21)33(15-28-20)9-3-7-26-18-6-8-27-19-14-16(24)4-5-17(18)19/h4-6,8,14-15H,2-3,7,9-13H2,1H3,(H,26,27). The molecule has 0 bridgehead atoms. The summed E-state index contributed by atoms with van der Waals surface area (Å²) in [5.74, 6) is 0.833. The van der Waals surface area contributed by atoms with E-state index in [4.69, 9.17) is 23.2 Å². The highest BCUT2D eigenvalue weighted by molar-refractivity contribution is 6.31. The summed E-state index contributed by atoms with van der Waals surface area (Å²) in [6, 6.07) is 7.75. The van der Waals surface area contributed by atoms with E-state index < -0.39 is 0 Å². The van der Waals surface area contributed by atoms with Gasteiger partial charge in [0, 0.05) is 61.6 Å². The summed E-state index contributed by atoms with van der Waals surface area (Å²) < 4.78 is 2.06. The van der Waals surface area contributed by atoms with Crippen LogP contribution in [0.1, 0.15) is 13.3 Å². The molecule has 1 aromatic carbocycles. The number of aromatic nitrogens is 5. The molecule has 4 heterocycles. The predicted molar refractivity (Wildman–Crippen MR) is 135 cm³/mol. The molecule has 0 aliphatic carbocycles. The van der Waals surface area contributed by atoms with Crippen molar-refractivity contribution >= 4 is 56.8 Å². The molecule has 0 unspecified atom stereocenters. The molecule has 172 valence electrons. The Morgan fingerprint density at radius 1 is 1.03 bits per heavy atom. The molecule has 0 amide bonds. The van der Waals surface area contributed by atoms with Crippen LogP contribution >= 0.6 is 23.2 Å². The lowest BCUT2D eigenvalue weighted by atomic mass is 10.2. The highest BCUT2D eigenvalue weighted by Gasteiger charge is 2.22. The van der Waals surface area contributed by atoms with Gasteiger partial charge in [-0.2, -0.15) is 9.97 Å². The van der Waals surface area contributed by atoms with Gasteiger partial charge in [-0.3, -0.25) is 4.98 Å². The van der Waals surface area contributed by atoms with Gasteiger partial charge in [0.25, 0.3) is 0 Å². The average Bonchev–Trinajstić information content (AvgIpc) is 3.23. The first-order valence-electron chi connectivity index (χ1n) is 11.3. The Kier molecular flexibility index (Phi) is 6.48. The SMILES string of the molecule is CCN1CCN(c2nc(Cl)nc3c2ncn3CCCNc2ccnc3cc(Cl)ccc23)CC1. The third kappa shape index (κ3) is 4.69. The van der Waals surface area contributed by atoms with Gasteiger partial charge in [-0.25, -0.2) is 4.98 Å². The van der Waals surface area contributed by atoms with Crippen LogP contribution < -0.4 is 10.2 Å². The Morgan fingerprint density at radius 2 is 1.88 bits per heavy atom. The first-order chi connectivity index (χ1) is 16.1. The molecule has 5 rings (SSSR count). The molecule has 0 radical (unpaired) electrons. The summed E-state index contributed by atoms with van der Waals surface area (Å²) in [7, 11) is 0. The van der Waals surface area contributed by atoms with Crippen molar-refractivity contribution < 1.29 is 0 Å². The highest BCUT2D eigenvalue weighted by atomic mass is 35.5. The summed E-state index contributed by atoms with van der Waals surface area (Å²) in [5, 5.41) is 5.52. The third-order valence-electron chi connectivity index (χ3n) is 6.13. The second-order valence-corrected chi connectivity index (χ2v) is 8.92. The quantitative estimate of drug-likeness (QED) is 0.309. The molecule has 1 aliphatic heterocycles. The van der Waals surface area contributed by atoms with Gasteiger partial charge >= 0.3 is 0 Å². The zero-order valence-corrected chi connectivity index (χ0v) is 20.0. The third-order valence-corrected chi connectivity index (χ3v) is 6.54. The maximum Gasteiger partial charge on any atom is 0.226 e. The van der Waals surface area contributed by atoms with E-state index in [-0.39, 0.29) is 5.28 Å². The van der Waals surface area contributed by atoms with Crippen molar-refractivity contribution in [2.24, 2.45) is 0 Å². The van der Waals surface area contributed by atoms with Gasteiger partial charge in [-0.15, -0.1) is 0 Å². The monoisotopic (exact) mass is 484 g/mol. The molecule has 1 fully saturated rings. The van der Waals surface area contributed by atoms with E-state index in [1.807, 2.05) is 30.6 Å². The normalized spacial score (nSPS) is 14.9. The maximum atomic E-state index is 6.31. The fraction of sp³-hybridized carbons (Fsp3) is 0.391. The van der Waals surface area contributed by atoms with Gasteiger partial charge in [-0.1, -0.05) is 18.5 Å². The number of pyridine rings is 1. The number of halogens is 2. The van der Waals surface area contributed by atoms with Crippen LogP contribution in [0, 0.1) is 0 Å². The number of benzene rings is 1. The zero-order valence-electron chi connectivity index (χ0n) is 18.5. The minimum atomic E-state index is 0.261. The molecule has 10 heteroatoms. The fourth-order valence-corrected chi connectivity index (χ4v) is 4.64. The fourth-order valence-electron chi connectivity index (χ4n) is 4.31. The Morgan fingerprint density at radius 3 is 2.70 bits per heavy atom. The lowest BCUT2D eigenvalue weighted by Crippen LogP contribution is -2.46. The van der Waals surface area contributed by atoms with Crippen LogP contribution in [-0.2, 0) is 6.54 Å². The van der Waals surface area contributed by atoms with Crippen LogP contribution in [0.4, 0.5) is 11.5 Å². The number of imidazole rings is 1. The van der Waals surface area contributed by atoms with E-state index in [1.54, 1.807) is 6.20 Å². The topological polar surface area (TPSA) is 75.0 Å². The molecule has 0 atom stereocenters. The van der Waals surface area contributed by atoms with Gasteiger partial charge in [0.05, 0.1) is 11.8 Å². The van der Waals surface area contributed by atoms with Gasteiger partial charge in [0.2, 0.25) is 5.28 Å². The van der Waals surface area contributed by atoms with E-state index in [1.165, 1.54) is 0 Å². The van der Waals surface area contributed by atoms with Gasteiger partial charge < -0.3 is 19.7 Å². The molecule has 4 aromatic rings. The molecule has 1 N–H and O–H groups in total. The van der Waals surface area contributed by atoms with Crippen molar-refractivity contribution in [2.75, 3.05) is 49.5 Å². The van der Waals surface area contributed by atoms with Crippen molar-refractivity contribution in [3.63, 3.8) is 0 Å². The highest BCUT2D eigenvalue weighted by Crippen LogP contribution is 2.26. The number of rotatable bonds is 7. The number of hydrogen-bond acceptors (Lipinski definition) is 7. The van der Waals surface area contributed by atoms with Crippen molar-refractivity contribution in [2.45, 2.75) is 19.9 Å². The molecular formula is C23H26Cl2N8. The summed E-state index contributed by atoms with van der Waals surface area (Å²) in [5.41, 5.74) is 3.53. The Bertz CT molecular complexity index is 1270. The second-order valence-electron chi connectivity index (χ2n) is 8.15. The van der Waals surface area contributed by atoms with Crippen LogP contribution in [0.3, 0.4) is 0 Å². The molecule has 1 saturated heterocycles. The molecule has 33 heavy (non-hydrogen) atoms. The summed E-state index contributed by atoms with van der Waals surface area (Å²) in [6.45, 7) is 8.69. The Balaban J connectivity index is 1.27. The Hall–Kier alpha value is -2.68. The first kappa shape index (κ1) is 22.1. The summed E-state index contributed by atoms with van der Waals surface area (Å²) >= 11 is 12.4. The minimum absolute atomic E-state index is 0.261. The number of fused-ring (bicyclic) bond motifs is 2. The predicted octanol–water partition coefficient (Wildman–Crippen LogP) is 4.33. The van der Waals surface area contributed by atoms with E-state index >= 15 is 0 Å². The van der Waals surface area contributed by atoms with Crippen molar-refractivity contribution in [3.05, 3.63) is 47.1 Å². The smallest absolute Gasteiger partial charge is 0.226 e. The van der Waals surface area contributed by atoms with Crippen LogP contribution in [-0.4, -0.2) is 68.7 Å². The van der Waals surface area contributed by atoms with Crippen LogP contribution in [0.25, 0.3) is 22.1 Å².